The molecule has 0 saturated heterocycles. The van der Waals surface area contributed by atoms with Crippen molar-refractivity contribution in [1.29, 1.82) is 0 Å². The van der Waals surface area contributed by atoms with E-state index in [-0.39, 0.29) is 37.2 Å². The Kier molecular flexibility index (Phi) is 9.46. The summed E-state index contributed by atoms with van der Waals surface area (Å²) in [6.07, 6.45) is 6.65. The van der Waals surface area contributed by atoms with Gasteiger partial charge in [0.2, 0.25) is 0 Å². The van der Waals surface area contributed by atoms with Crippen LogP contribution in [0.25, 0.3) is 5.57 Å². The average Bonchev–Trinajstić information content (AvgIpc) is 2.96. The van der Waals surface area contributed by atoms with Crippen LogP contribution in [0.3, 0.4) is 0 Å². The lowest BCUT2D eigenvalue weighted by Gasteiger charge is -2.24. The quantitative estimate of drug-likeness (QED) is 0.262. The second-order valence-corrected chi connectivity index (χ2v) is 9.77. The third kappa shape index (κ3) is 7.66. The number of aliphatic carboxylic acids is 1. The third-order valence-electron chi connectivity index (χ3n) is 6.79. The van der Waals surface area contributed by atoms with E-state index in [1.807, 2.05) is 24.3 Å². The van der Waals surface area contributed by atoms with Gasteiger partial charge in [0.05, 0.1) is 13.0 Å². The highest BCUT2D eigenvalue weighted by Crippen LogP contribution is 2.29. The number of nitrogens with one attached hydrogen (secondary N) is 2. The standard InChI is InChI=1S/C32H33N3O5/c1-22(36)27-8-5-9-28(20-27)34-32(40)35(29-16-14-25(15-17-29)24-6-3-2-4-7-24)21-23-10-12-26(13-11-23)31(39)33-19-18-30(37)38/h5-6,8-17,20H,2-4,7,18-19,21H2,1H3,(H,33,39)(H,34,40)(H,37,38). The number of Topliss-reactive ketones (excluding diaryl/α,β-unsaturated/α-hetero) is 1. The number of rotatable bonds is 10. The smallest absolute Gasteiger partial charge is 0.326 e. The molecule has 1 aliphatic carbocycles. The molecule has 8 heteroatoms. The summed E-state index contributed by atoms with van der Waals surface area (Å²) in [5, 5.41) is 14.3. The first-order valence-corrected chi connectivity index (χ1v) is 13.4. The van der Waals surface area contributed by atoms with Crippen molar-refractivity contribution in [2.75, 3.05) is 16.8 Å². The molecule has 4 rings (SSSR count). The molecule has 0 fully saturated rings. The lowest BCUT2D eigenvalue weighted by molar-refractivity contribution is -0.136. The Labute approximate surface area is 233 Å². The molecule has 0 atom stereocenters. The molecule has 1 aliphatic rings. The van der Waals surface area contributed by atoms with E-state index in [9.17, 15) is 19.2 Å². The van der Waals surface area contributed by atoms with Crippen LogP contribution < -0.4 is 15.5 Å². The summed E-state index contributed by atoms with van der Waals surface area (Å²) in [5.74, 6) is -1.43. The summed E-state index contributed by atoms with van der Waals surface area (Å²) >= 11 is 0. The number of allylic oxidation sites excluding steroid dienone is 2. The van der Waals surface area contributed by atoms with Crippen molar-refractivity contribution in [2.24, 2.45) is 0 Å². The molecule has 0 radical (unpaired) electrons. The summed E-state index contributed by atoms with van der Waals surface area (Å²) < 4.78 is 0. The number of benzene rings is 3. The zero-order valence-corrected chi connectivity index (χ0v) is 22.5. The van der Waals surface area contributed by atoms with Gasteiger partial charge >= 0.3 is 12.0 Å². The van der Waals surface area contributed by atoms with Gasteiger partial charge in [-0.25, -0.2) is 4.79 Å². The number of ketones is 1. The molecule has 3 amide bonds. The molecular weight excluding hydrogens is 506 g/mol. The fraction of sp³-hybridized carbons (Fsp3) is 0.250. The van der Waals surface area contributed by atoms with Gasteiger partial charge in [-0.2, -0.15) is 0 Å². The van der Waals surface area contributed by atoms with Crippen LogP contribution in [0.4, 0.5) is 16.2 Å². The van der Waals surface area contributed by atoms with Gasteiger partial charge in [0.1, 0.15) is 0 Å². The number of amides is 3. The van der Waals surface area contributed by atoms with Crippen molar-refractivity contribution in [3.63, 3.8) is 0 Å². The normalized spacial score (nSPS) is 12.7. The lowest BCUT2D eigenvalue weighted by Crippen LogP contribution is -2.34. The Bertz CT molecular complexity index is 1410. The molecule has 0 spiro atoms. The molecule has 0 aliphatic heterocycles. The van der Waals surface area contributed by atoms with Gasteiger partial charge in [-0.1, -0.05) is 42.5 Å². The van der Waals surface area contributed by atoms with Gasteiger partial charge in [-0.05, 0) is 85.7 Å². The zero-order chi connectivity index (χ0) is 28.5. The molecule has 0 saturated carbocycles. The minimum Gasteiger partial charge on any atom is -0.481 e. The number of hydrogen-bond acceptors (Lipinski definition) is 4. The molecular formula is C32H33N3O5. The Hall–Kier alpha value is -4.72. The van der Waals surface area contributed by atoms with Gasteiger partial charge in [-0.15, -0.1) is 0 Å². The number of carboxylic acid groups (broad SMARTS) is 1. The molecule has 206 valence electrons. The largest absolute Gasteiger partial charge is 0.481 e. The van der Waals surface area contributed by atoms with Crippen LogP contribution in [0.2, 0.25) is 0 Å². The number of urea groups is 1. The van der Waals surface area contributed by atoms with Crippen LogP contribution in [0.5, 0.6) is 0 Å². The summed E-state index contributed by atoms with van der Waals surface area (Å²) in [5.41, 5.74) is 5.40. The number of anilines is 2. The topological polar surface area (TPSA) is 116 Å². The van der Waals surface area contributed by atoms with E-state index in [1.165, 1.54) is 25.3 Å². The van der Waals surface area contributed by atoms with Crippen LogP contribution in [-0.2, 0) is 11.3 Å². The summed E-state index contributed by atoms with van der Waals surface area (Å²) in [6.45, 7) is 1.76. The minimum absolute atomic E-state index is 0.0432. The highest BCUT2D eigenvalue weighted by Gasteiger charge is 2.18. The second kappa shape index (κ2) is 13.4. The van der Waals surface area contributed by atoms with Crippen molar-refractivity contribution in [3.8, 4) is 0 Å². The molecule has 40 heavy (non-hydrogen) atoms. The number of nitrogens with zero attached hydrogens (tertiary/aromatic N) is 1. The Morgan fingerprint density at radius 2 is 1.65 bits per heavy atom. The predicted molar refractivity (Wildman–Crippen MR) is 156 cm³/mol. The summed E-state index contributed by atoms with van der Waals surface area (Å²) in [4.78, 5) is 50.0. The first-order chi connectivity index (χ1) is 19.3. The highest BCUT2D eigenvalue weighted by atomic mass is 16.4. The zero-order valence-electron chi connectivity index (χ0n) is 22.5. The SMILES string of the molecule is CC(=O)c1cccc(NC(=O)N(Cc2ccc(C(=O)NCCC(=O)O)cc2)c2ccc(C3=CCCCC3)cc2)c1. The van der Waals surface area contributed by atoms with E-state index in [0.717, 1.165) is 24.0 Å². The van der Waals surface area contributed by atoms with E-state index >= 15 is 0 Å². The second-order valence-electron chi connectivity index (χ2n) is 9.77. The molecule has 0 bridgehead atoms. The third-order valence-corrected chi connectivity index (χ3v) is 6.79. The van der Waals surface area contributed by atoms with Crippen molar-refractivity contribution in [2.45, 2.75) is 45.6 Å². The fourth-order valence-electron chi connectivity index (χ4n) is 4.57. The van der Waals surface area contributed by atoms with Crippen LogP contribution in [0.15, 0.2) is 78.9 Å². The van der Waals surface area contributed by atoms with Gasteiger partial charge in [0.15, 0.2) is 5.78 Å². The first kappa shape index (κ1) is 28.3. The van der Waals surface area contributed by atoms with Crippen LogP contribution >= 0.6 is 0 Å². The van der Waals surface area contributed by atoms with E-state index in [1.54, 1.807) is 53.4 Å². The Balaban J connectivity index is 1.54. The molecule has 3 aromatic carbocycles. The minimum atomic E-state index is -0.981. The van der Waals surface area contributed by atoms with E-state index in [4.69, 9.17) is 5.11 Å². The molecule has 8 nitrogen and oxygen atoms in total. The van der Waals surface area contributed by atoms with Crippen LogP contribution in [-0.4, -0.2) is 35.3 Å². The van der Waals surface area contributed by atoms with Crippen molar-refractivity contribution in [3.05, 3.63) is 101 Å². The molecule has 0 heterocycles. The maximum atomic E-state index is 13.5. The molecule has 0 aromatic heterocycles. The van der Waals surface area contributed by atoms with Crippen molar-refractivity contribution < 1.29 is 24.3 Å². The van der Waals surface area contributed by atoms with Gasteiger partial charge in [0, 0.05) is 29.0 Å². The maximum Gasteiger partial charge on any atom is 0.326 e. The summed E-state index contributed by atoms with van der Waals surface area (Å²) in [6, 6.07) is 21.2. The van der Waals surface area contributed by atoms with Crippen molar-refractivity contribution in [1.82, 2.24) is 5.32 Å². The van der Waals surface area contributed by atoms with Crippen molar-refractivity contribution >= 4 is 40.6 Å². The van der Waals surface area contributed by atoms with E-state index in [2.05, 4.69) is 16.7 Å². The van der Waals surface area contributed by atoms with Gasteiger partial charge in [-0.3, -0.25) is 19.3 Å². The van der Waals surface area contributed by atoms with Crippen LogP contribution in [0, 0.1) is 0 Å². The Morgan fingerprint density at radius 1 is 0.900 bits per heavy atom. The van der Waals surface area contributed by atoms with Crippen LogP contribution in [0.1, 0.15) is 70.9 Å². The Morgan fingerprint density at radius 3 is 2.30 bits per heavy atom. The number of carbonyl (C=O) groups excluding carboxylic acids is 3. The van der Waals surface area contributed by atoms with Gasteiger partial charge < -0.3 is 15.7 Å². The highest BCUT2D eigenvalue weighted by molar-refractivity contribution is 6.03. The van der Waals surface area contributed by atoms with E-state index in [0.29, 0.717) is 22.5 Å². The van der Waals surface area contributed by atoms with E-state index < -0.39 is 5.97 Å². The lowest BCUT2D eigenvalue weighted by atomic mass is 9.93. The molecule has 3 N–H and O–H groups in total. The number of hydrogen-bond donors (Lipinski definition) is 3. The average molecular weight is 540 g/mol. The fourth-order valence-corrected chi connectivity index (χ4v) is 4.57. The maximum absolute atomic E-state index is 13.5. The molecule has 3 aromatic rings. The summed E-state index contributed by atoms with van der Waals surface area (Å²) in [7, 11) is 0. The number of carbonyl (C=O) groups is 4. The monoisotopic (exact) mass is 539 g/mol. The first-order valence-electron chi connectivity index (χ1n) is 13.4. The predicted octanol–water partition coefficient (Wildman–Crippen LogP) is 6.29. The van der Waals surface area contributed by atoms with Gasteiger partial charge in [0.25, 0.3) is 5.91 Å². The number of carboxylic acids is 1. The molecule has 0 unspecified atom stereocenters.